The van der Waals surface area contributed by atoms with Crippen molar-refractivity contribution < 1.29 is 17.9 Å². The van der Waals surface area contributed by atoms with Gasteiger partial charge in [-0.2, -0.15) is 4.31 Å². The first kappa shape index (κ1) is 20.0. The fraction of sp³-hybridized carbons (Fsp3) is 0.316. The van der Waals surface area contributed by atoms with Crippen molar-refractivity contribution in [3.63, 3.8) is 0 Å². The third-order valence-corrected chi connectivity index (χ3v) is 7.38. The van der Waals surface area contributed by atoms with Gasteiger partial charge in [0.25, 0.3) is 5.91 Å². The zero-order valence-corrected chi connectivity index (χ0v) is 17.4. The molecule has 8 heteroatoms. The van der Waals surface area contributed by atoms with E-state index in [9.17, 15) is 13.2 Å². The SMILES string of the molecule is COCc1cccc(C(=O)N2CCN(S(=O)(=O)c3ccccc3Br)CC2)c1. The Morgan fingerprint density at radius 1 is 1.07 bits per heavy atom. The highest BCUT2D eigenvalue weighted by molar-refractivity contribution is 9.10. The largest absolute Gasteiger partial charge is 0.380 e. The van der Waals surface area contributed by atoms with Gasteiger partial charge >= 0.3 is 0 Å². The number of benzene rings is 2. The standard InChI is InChI=1S/C19H21BrN2O4S/c1-26-14-15-5-4-6-16(13-15)19(23)21-9-11-22(12-10-21)27(24,25)18-8-3-2-7-17(18)20/h2-8,13H,9-12,14H2,1H3. The zero-order chi connectivity index (χ0) is 19.4. The predicted octanol–water partition coefficient (Wildman–Crippen LogP) is 2.74. The van der Waals surface area contributed by atoms with Crippen LogP contribution in [0.1, 0.15) is 15.9 Å². The average molecular weight is 453 g/mol. The maximum atomic E-state index is 12.8. The number of amides is 1. The molecular formula is C19H21BrN2O4S. The number of methoxy groups -OCH3 is 1. The van der Waals surface area contributed by atoms with Crippen LogP contribution in [0, 0.1) is 0 Å². The number of ether oxygens (including phenoxy) is 1. The topological polar surface area (TPSA) is 66.9 Å². The summed E-state index contributed by atoms with van der Waals surface area (Å²) in [5, 5.41) is 0. The minimum Gasteiger partial charge on any atom is -0.380 e. The number of hydrogen-bond donors (Lipinski definition) is 0. The number of piperazine rings is 1. The minimum absolute atomic E-state index is 0.0918. The first-order valence-corrected chi connectivity index (χ1v) is 10.8. The van der Waals surface area contributed by atoms with Crippen LogP contribution in [0.3, 0.4) is 0 Å². The molecule has 0 unspecified atom stereocenters. The highest BCUT2D eigenvalue weighted by Crippen LogP contribution is 2.25. The van der Waals surface area contributed by atoms with Crippen molar-refractivity contribution in [3.05, 3.63) is 64.1 Å². The van der Waals surface area contributed by atoms with Crippen molar-refractivity contribution in [2.24, 2.45) is 0 Å². The van der Waals surface area contributed by atoms with E-state index < -0.39 is 10.0 Å². The quantitative estimate of drug-likeness (QED) is 0.699. The lowest BCUT2D eigenvalue weighted by atomic mass is 10.1. The summed E-state index contributed by atoms with van der Waals surface area (Å²) < 4.78 is 32.8. The molecule has 6 nitrogen and oxygen atoms in total. The Labute approximate surface area is 167 Å². The van der Waals surface area contributed by atoms with Gasteiger partial charge in [-0.25, -0.2) is 8.42 Å². The van der Waals surface area contributed by atoms with Crippen LogP contribution in [-0.2, 0) is 21.4 Å². The van der Waals surface area contributed by atoms with Crippen LogP contribution in [0.5, 0.6) is 0 Å². The summed E-state index contributed by atoms with van der Waals surface area (Å²) in [5.74, 6) is -0.0918. The molecule has 0 radical (unpaired) electrons. The van der Waals surface area contributed by atoms with Crippen molar-refractivity contribution >= 4 is 31.9 Å². The Hall–Kier alpha value is -1.74. The maximum Gasteiger partial charge on any atom is 0.253 e. The lowest BCUT2D eigenvalue weighted by Gasteiger charge is -2.34. The highest BCUT2D eigenvalue weighted by atomic mass is 79.9. The fourth-order valence-corrected chi connectivity index (χ4v) is 5.45. The number of rotatable bonds is 5. The zero-order valence-electron chi connectivity index (χ0n) is 15.0. The lowest BCUT2D eigenvalue weighted by Crippen LogP contribution is -2.50. The number of halogens is 1. The van der Waals surface area contributed by atoms with E-state index in [0.717, 1.165) is 5.56 Å². The van der Waals surface area contributed by atoms with Gasteiger partial charge in [0, 0.05) is 43.3 Å². The van der Waals surface area contributed by atoms with Gasteiger partial charge in [0.2, 0.25) is 10.0 Å². The molecule has 2 aromatic carbocycles. The molecular weight excluding hydrogens is 432 g/mol. The Kier molecular flexibility index (Phi) is 6.31. The van der Waals surface area contributed by atoms with Crippen LogP contribution in [0.15, 0.2) is 57.9 Å². The van der Waals surface area contributed by atoms with Gasteiger partial charge in [0.1, 0.15) is 0 Å². The van der Waals surface area contributed by atoms with E-state index in [1.54, 1.807) is 42.3 Å². The van der Waals surface area contributed by atoms with E-state index in [-0.39, 0.29) is 23.9 Å². The molecule has 0 N–H and O–H groups in total. The van der Waals surface area contributed by atoms with Crippen molar-refractivity contribution in [1.29, 1.82) is 0 Å². The van der Waals surface area contributed by atoms with E-state index in [4.69, 9.17) is 4.74 Å². The summed E-state index contributed by atoms with van der Waals surface area (Å²) in [6.45, 7) is 1.70. The molecule has 0 aromatic heterocycles. The molecule has 1 saturated heterocycles. The van der Waals surface area contributed by atoms with E-state index in [1.807, 2.05) is 18.2 Å². The van der Waals surface area contributed by atoms with Gasteiger partial charge in [-0.3, -0.25) is 4.79 Å². The molecule has 1 amide bonds. The average Bonchev–Trinajstić information content (AvgIpc) is 2.68. The summed E-state index contributed by atoms with van der Waals surface area (Å²) in [6, 6.07) is 14.1. The fourth-order valence-electron chi connectivity index (χ4n) is 3.07. The molecule has 1 aliphatic rings. The first-order chi connectivity index (χ1) is 12.9. The third-order valence-electron chi connectivity index (χ3n) is 4.47. The van der Waals surface area contributed by atoms with Gasteiger partial charge in [0.05, 0.1) is 11.5 Å². The molecule has 0 aliphatic carbocycles. The number of carbonyl (C=O) groups excluding carboxylic acids is 1. The van der Waals surface area contributed by atoms with Crippen LogP contribution in [0.25, 0.3) is 0 Å². The van der Waals surface area contributed by atoms with E-state index in [0.29, 0.717) is 29.7 Å². The molecule has 1 aliphatic heterocycles. The Morgan fingerprint density at radius 3 is 2.44 bits per heavy atom. The van der Waals surface area contributed by atoms with E-state index in [2.05, 4.69) is 15.9 Å². The van der Waals surface area contributed by atoms with Gasteiger partial charge in [-0.1, -0.05) is 24.3 Å². The molecule has 0 spiro atoms. The summed E-state index contributed by atoms with van der Waals surface area (Å²) >= 11 is 3.30. The molecule has 144 valence electrons. The molecule has 0 saturated carbocycles. The first-order valence-electron chi connectivity index (χ1n) is 8.55. The Bertz CT molecular complexity index is 925. The van der Waals surface area contributed by atoms with Crippen molar-refractivity contribution in [2.75, 3.05) is 33.3 Å². The lowest BCUT2D eigenvalue weighted by molar-refractivity contribution is 0.0697. The Morgan fingerprint density at radius 2 is 1.78 bits per heavy atom. The van der Waals surface area contributed by atoms with Gasteiger partial charge < -0.3 is 9.64 Å². The number of carbonyl (C=O) groups is 1. The van der Waals surface area contributed by atoms with Gasteiger partial charge in [-0.05, 0) is 45.8 Å². The van der Waals surface area contributed by atoms with Gasteiger partial charge in [0.15, 0.2) is 0 Å². The second-order valence-electron chi connectivity index (χ2n) is 6.26. The van der Waals surface area contributed by atoms with Crippen LogP contribution >= 0.6 is 15.9 Å². The maximum absolute atomic E-state index is 12.8. The number of sulfonamides is 1. The van der Waals surface area contributed by atoms with E-state index in [1.165, 1.54) is 4.31 Å². The monoisotopic (exact) mass is 452 g/mol. The smallest absolute Gasteiger partial charge is 0.253 e. The van der Waals surface area contributed by atoms with Crippen molar-refractivity contribution in [3.8, 4) is 0 Å². The summed E-state index contributed by atoms with van der Waals surface area (Å²) in [4.78, 5) is 14.7. The van der Waals surface area contributed by atoms with Crippen LogP contribution in [0.2, 0.25) is 0 Å². The van der Waals surface area contributed by atoms with Crippen LogP contribution < -0.4 is 0 Å². The summed E-state index contributed by atoms with van der Waals surface area (Å²) in [6.07, 6.45) is 0. The van der Waals surface area contributed by atoms with E-state index >= 15 is 0 Å². The van der Waals surface area contributed by atoms with Crippen molar-refractivity contribution in [2.45, 2.75) is 11.5 Å². The molecule has 0 bridgehead atoms. The number of nitrogens with zero attached hydrogens (tertiary/aromatic N) is 2. The minimum atomic E-state index is -3.59. The highest BCUT2D eigenvalue weighted by Gasteiger charge is 2.31. The van der Waals surface area contributed by atoms with Crippen LogP contribution in [-0.4, -0.2) is 56.8 Å². The van der Waals surface area contributed by atoms with Crippen LogP contribution in [0.4, 0.5) is 0 Å². The molecule has 2 aromatic rings. The Balaban J connectivity index is 1.69. The normalized spacial score (nSPS) is 15.7. The molecule has 0 atom stereocenters. The summed E-state index contributed by atoms with van der Waals surface area (Å²) in [5.41, 5.74) is 1.52. The summed E-state index contributed by atoms with van der Waals surface area (Å²) in [7, 11) is -1.98. The number of hydrogen-bond acceptors (Lipinski definition) is 4. The second kappa shape index (κ2) is 8.52. The predicted molar refractivity (Wildman–Crippen MR) is 106 cm³/mol. The van der Waals surface area contributed by atoms with Gasteiger partial charge in [-0.15, -0.1) is 0 Å². The third kappa shape index (κ3) is 4.40. The molecule has 3 rings (SSSR count). The molecule has 27 heavy (non-hydrogen) atoms. The second-order valence-corrected chi connectivity index (χ2v) is 9.02. The molecule has 1 heterocycles. The van der Waals surface area contributed by atoms with Crippen molar-refractivity contribution in [1.82, 2.24) is 9.21 Å². The molecule has 1 fully saturated rings.